The van der Waals surface area contributed by atoms with Gasteiger partial charge in [-0.25, -0.2) is 4.98 Å². The van der Waals surface area contributed by atoms with E-state index in [0.717, 1.165) is 10.9 Å². The van der Waals surface area contributed by atoms with Crippen molar-refractivity contribution in [2.75, 3.05) is 5.32 Å². The summed E-state index contributed by atoms with van der Waals surface area (Å²) >= 11 is 1.38. The van der Waals surface area contributed by atoms with Crippen molar-refractivity contribution in [2.24, 2.45) is 0 Å². The van der Waals surface area contributed by atoms with Crippen LogP contribution in [0.4, 0.5) is 5.13 Å². The zero-order chi connectivity index (χ0) is 14.7. The van der Waals surface area contributed by atoms with Gasteiger partial charge in [-0.05, 0) is 6.07 Å². The second kappa shape index (κ2) is 5.77. The van der Waals surface area contributed by atoms with E-state index >= 15 is 0 Å². The molecule has 0 unspecified atom stereocenters. The van der Waals surface area contributed by atoms with Gasteiger partial charge in [0.2, 0.25) is 0 Å². The number of nitriles is 1. The van der Waals surface area contributed by atoms with Gasteiger partial charge in [0, 0.05) is 35.2 Å². The highest BCUT2D eigenvalue weighted by Crippen LogP contribution is 2.23. The van der Waals surface area contributed by atoms with Crippen LogP contribution in [0.2, 0.25) is 0 Å². The first kappa shape index (κ1) is 13.3. The Kier molecular flexibility index (Phi) is 3.67. The van der Waals surface area contributed by atoms with Crippen molar-refractivity contribution in [3.63, 3.8) is 0 Å². The number of para-hydroxylation sites is 1. The maximum atomic E-state index is 12.4. The molecule has 0 aliphatic heterocycles. The number of fused-ring (bicyclic) bond motifs is 1. The molecule has 1 N–H and O–H groups in total. The quantitative estimate of drug-likeness (QED) is 0.803. The molecule has 0 radical (unpaired) electrons. The third-order valence-corrected chi connectivity index (χ3v) is 3.84. The Bertz CT molecular complexity index is 814. The first-order valence-electron chi connectivity index (χ1n) is 6.45. The van der Waals surface area contributed by atoms with Gasteiger partial charge in [-0.2, -0.15) is 5.26 Å². The summed E-state index contributed by atoms with van der Waals surface area (Å²) in [4.78, 5) is 16.4. The van der Waals surface area contributed by atoms with Crippen molar-refractivity contribution in [3.8, 4) is 6.07 Å². The lowest BCUT2D eigenvalue weighted by Gasteiger charge is -2.00. The minimum atomic E-state index is -0.183. The normalized spacial score (nSPS) is 10.4. The molecule has 2 aromatic heterocycles. The van der Waals surface area contributed by atoms with Crippen molar-refractivity contribution in [1.29, 1.82) is 5.26 Å². The molecule has 3 aromatic rings. The lowest BCUT2D eigenvalue weighted by Crippen LogP contribution is -2.11. The Hall–Kier alpha value is -2.65. The zero-order valence-electron chi connectivity index (χ0n) is 11.1. The van der Waals surface area contributed by atoms with E-state index in [1.807, 2.05) is 34.2 Å². The monoisotopic (exact) mass is 296 g/mol. The van der Waals surface area contributed by atoms with E-state index in [2.05, 4.69) is 16.4 Å². The predicted molar refractivity (Wildman–Crippen MR) is 82.2 cm³/mol. The highest BCUT2D eigenvalue weighted by molar-refractivity contribution is 7.13. The van der Waals surface area contributed by atoms with Gasteiger partial charge in [0.25, 0.3) is 5.91 Å². The highest BCUT2D eigenvalue weighted by Gasteiger charge is 2.15. The highest BCUT2D eigenvalue weighted by atomic mass is 32.1. The molecule has 0 bridgehead atoms. The fourth-order valence-corrected chi connectivity index (χ4v) is 2.76. The summed E-state index contributed by atoms with van der Waals surface area (Å²) < 4.78 is 1.94. The number of carbonyl (C=O) groups is 1. The molecule has 0 atom stereocenters. The lowest BCUT2D eigenvalue weighted by molar-refractivity contribution is 0.102. The topological polar surface area (TPSA) is 70.7 Å². The van der Waals surface area contributed by atoms with E-state index in [-0.39, 0.29) is 5.91 Å². The fraction of sp³-hybridized carbons (Fsp3) is 0.133. The molecule has 1 amide bonds. The van der Waals surface area contributed by atoms with Gasteiger partial charge in [0.05, 0.1) is 18.1 Å². The second-order valence-corrected chi connectivity index (χ2v) is 5.35. The Morgan fingerprint density at radius 3 is 3.05 bits per heavy atom. The summed E-state index contributed by atoms with van der Waals surface area (Å²) in [5.41, 5.74) is 1.55. The summed E-state index contributed by atoms with van der Waals surface area (Å²) in [7, 11) is 0. The van der Waals surface area contributed by atoms with Crippen molar-refractivity contribution in [1.82, 2.24) is 9.55 Å². The molecule has 21 heavy (non-hydrogen) atoms. The SMILES string of the molecule is N#CCCn1cc(C(=O)Nc2nccs2)c2ccccc21. The molecule has 0 spiro atoms. The summed E-state index contributed by atoms with van der Waals surface area (Å²) in [6.07, 6.45) is 3.85. The number of amides is 1. The first-order chi connectivity index (χ1) is 10.3. The molecule has 104 valence electrons. The number of nitrogens with one attached hydrogen (secondary N) is 1. The number of carbonyl (C=O) groups excluding carboxylic acids is 1. The van der Waals surface area contributed by atoms with Crippen molar-refractivity contribution < 1.29 is 4.79 Å². The van der Waals surface area contributed by atoms with Gasteiger partial charge in [-0.1, -0.05) is 18.2 Å². The van der Waals surface area contributed by atoms with Crippen molar-refractivity contribution >= 4 is 33.3 Å². The third-order valence-electron chi connectivity index (χ3n) is 3.15. The van der Waals surface area contributed by atoms with Crippen LogP contribution >= 0.6 is 11.3 Å². The smallest absolute Gasteiger partial charge is 0.259 e. The van der Waals surface area contributed by atoms with Crippen LogP contribution in [-0.4, -0.2) is 15.5 Å². The van der Waals surface area contributed by atoms with Crippen LogP contribution in [0.3, 0.4) is 0 Å². The predicted octanol–water partition coefficient (Wildman–Crippen LogP) is 3.26. The molecule has 3 rings (SSSR count). The van der Waals surface area contributed by atoms with Gasteiger partial charge in [0.15, 0.2) is 5.13 Å². The van der Waals surface area contributed by atoms with Crippen LogP contribution in [-0.2, 0) is 6.54 Å². The van der Waals surface area contributed by atoms with Gasteiger partial charge >= 0.3 is 0 Å². The maximum Gasteiger partial charge on any atom is 0.259 e. The Morgan fingerprint density at radius 2 is 2.29 bits per heavy atom. The molecule has 1 aromatic carbocycles. The van der Waals surface area contributed by atoms with E-state index in [1.165, 1.54) is 11.3 Å². The Balaban J connectivity index is 1.98. The van der Waals surface area contributed by atoms with E-state index in [0.29, 0.717) is 23.7 Å². The van der Waals surface area contributed by atoms with Crippen molar-refractivity contribution in [2.45, 2.75) is 13.0 Å². The molecular weight excluding hydrogens is 284 g/mol. The van der Waals surface area contributed by atoms with Crippen LogP contribution in [0.1, 0.15) is 16.8 Å². The van der Waals surface area contributed by atoms with Gasteiger partial charge in [-0.3, -0.25) is 10.1 Å². The number of anilines is 1. The number of hydrogen-bond acceptors (Lipinski definition) is 4. The van der Waals surface area contributed by atoms with Crippen LogP contribution < -0.4 is 5.32 Å². The molecular formula is C15H12N4OS. The standard InChI is InChI=1S/C15H12N4OS/c16-6-3-8-19-10-12(11-4-1-2-5-13(11)19)14(20)18-15-17-7-9-21-15/h1-2,4-5,7,9-10H,3,8H2,(H,17,18,20). The van der Waals surface area contributed by atoms with E-state index in [9.17, 15) is 4.79 Å². The molecule has 6 heteroatoms. The number of thiazole rings is 1. The number of nitrogens with zero attached hydrogens (tertiary/aromatic N) is 3. The van der Waals surface area contributed by atoms with Gasteiger partial charge < -0.3 is 4.57 Å². The fourth-order valence-electron chi connectivity index (χ4n) is 2.23. The minimum Gasteiger partial charge on any atom is -0.346 e. The van der Waals surface area contributed by atoms with Gasteiger partial charge in [0.1, 0.15) is 0 Å². The number of hydrogen-bond donors (Lipinski definition) is 1. The molecule has 5 nitrogen and oxygen atoms in total. The second-order valence-electron chi connectivity index (χ2n) is 4.45. The summed E-state index contributed by atoms with van der Waals surface area (Å²) in [5, 5.41) is 14.8. The van der Waals surface area contributed by atoms with Crippen LogP contribution in [0.5, 0.6) is 0 Å². The number of benzene rings is 1. The van der Waals surface area contributed by atoms with E-state index < -0.39 is 0 Å². The molecule has 0 aliphatic carbocycles. The molecule has 0 saturated heterocycles. The van der Waals surface area contributed by atoms with Crippen LogP contribution in [0, 0.1) is 11.3 Å². The summed E-state index contributed by atoms with van der Waals surface area (Å²) in [6, 6.07) is 9.81. The Morgan fingerprint density at radius 1 is 1.43 bits per heavy atom. The number of rotatable bonds is 4. The molecule has 2 heterocycles. The average molecular weight is 296 g/mol. The Labute approximate surface area is 125 Å². The summed E-state index contributed by atoms with van der Waals surface area (Å²) in [6.45, 7) is 0.571. The van der Waals surface area contributed by atoms with Crippen LogP contribution in [0.25, 0.3) is 10.9 Å². The van der Waals surface area contributed by atoms with E-state index in [4.69, 9.17) is 5.26 Å². The molecule has 0 saturated carbocycles. The van der Waals surface area contributed by atoms with Gasteiger partial charge in [-0.15, -0.1) is 11.3 Å². The largest absolute Gasteiger partial charge is 0.346 e. The zero-order valence-corrected chi connectivity index (χ0v) is 11.9. The maximum absolute atomic E-state index is 12.4. The first-order valence-corrected chi connectivity index (χ1v) is 7.33. The lowest BCUT2D eigenvalue weighted by atomic mass is 10.1. The van der Waals surface area contributed by atoms with E-state index in [1.54, 1.807) is 12.4 Å². The summed E-state index contributed by atoms with van der Waals surface area (Å²) in [5.74, 6) is -0.183. The number of aromatic nitrogens is 2. The average Bonchev–Trinajstić information content (AvgIpc) is 3.12. The molecule has 0 aliphatic rings. The molecule has 0 fully saturated rings. The third kappa shape index (κ3) is 2.64. The minimum absolute atomic E-state index is 0.183. The van der Waals surface area contributed by atoms with Crippen molar-refractivity contribution in [3.05, 3.63) is 47.6 Å². The van der Waals surface area contributed by atoms with Crippen LogP contribution in [0.15, 0.2) is 42.0 Å². The number of aryl methyl sites for hydroxylation is 1.